The van der Waals surface area contributed by atoms with Gasteiger partial charge in [0.1, 0.15) is 6.33 Å². The molecule has 1 rings (SSSR count). The number of hydrogen-bond donors (Lipinski definition) is 4. The van der Waals surface area contributed by atoms with Crippen molar-refractivity contribution in [1.29, 1.82) is 5.41 Å². The Morgan fingerprint density at radius 2 is 2.67 bits per heavy atom. The lowest BCUT2D eigenvalue weighted by Crippen LogP contribution is -2.21. The van der Waals surface area contributed by atoms with Gasteiger partial charge >= 0.3 is 0 Å². The third-order valence-electron chi connectivity index (χ3n) is 0.661. The number of aromatic amines is 1. The molecule has 0 aromatic carbocycles. The van der Waals surface area contributed by atoms with E-state index in [1.807, 2.05) is 0 Å². The molecule has 0 radical (unpaired) electrons. The molecule has 0 amide bonds. The van der Waals surface area contributed by atoms with Crippen LogP contribution in [0.1, 0.15) is 0 Å². The Morgan fingerprint density at radius 1 is 1.89 bits per heavy atom. The van der Waals surface area contributed by atoms with Crippen LogP contribution in [0.2, 0.25) is 0 Å². The summed E-state index contributed by atoms with van der Waals surface area (Å²) in [6.07, 6.45) is 1.39. The van der Waals surface area contributed by atoms with Crippen molar-refractivity contribution < 1.29 is 0 Å². The van der Waals surface area contributed by atoms with Crippen molar-refractivity contribution in [3.05, 3.63) is 6.33 Å². The summed E-state index contributed by atoms with van der Waals surface area (Å²) < 4.78 is 0. The van der Waals surface area contributed by atoms with E-state index in [1.165, 1.54) is 6.33 Å². The van der Waals surface area contributed by atoms with Gasteiger partial charge < -0.3 is 5.73 Å². The first-order valence-corrected chi connectivity index (χ1v) is 2.26. The minimum absolute atomic E-state index is 0.172. The van der Waals surface area contributed by atoms with Gasteiger partial charge in [-0.2, -0.15) is 0 Å². The van der Waals surface area contributed by atoms with Crippen molar-refractivity contribution in [3.63, 3.8) is 0 Å². The lowest BCUT2D eigenvalue weighted by molar-refractivity contribution is 1.09. The number of aromatic nitrogens is 3. The summed E-state index contributed by atoms with van der Waals surface area (Å²) in [7, 11) is 0. The molecular weight excluding hydrogens is 120 g/mol. The smallest absolute Gasteiger partial charge is 0.248 e. The number of nitrogens with two attached hydrogens (primary N) is 1. The van der Waals surface area contributed by atoms with Crippen LogP contribution in [-0.4, -0.2) is 21.1 Å². The molecule has 0 atom stereocenters. The third-order valence-corrected chi connectivity index (χ3v) is 0.661. The Balaban J connectivity index is 2.58. The highest BCUT2D eigenvalue weighted by Crippen LogP contribution is 1.88. The van der Waals surface area contributed by atoms with Crippen LogP contribution >= 0.6 is 0 Å². The fraction of sp³-hybridized carbons (Fsp3) is 0. The lowest BCUT2D eigenvalue weighted by atomic mass is 10.9. The maximum absolute atomic E-state index is 6.74. The van der Waals surface area contributed by atoms with Crippen LogP contribution in [0.25, 0.3) is 0 Å². The predicted molar refractivity (Wildman–Crippen MR) is 31.9 cm³/mol. The number of H-pyrrole nitrogens is 1. The van der Waals surface area contributed by atoms with Gasteiger partial charge in [0, 0.05) is 0 Å². The molecule has 0 unspecified atom stereocenters. The van der Waals surface area contributed by atoms with E-state index in [4.69, 9.17) is 11.1 Å². The molecule has 0 saturated carbocycles. The van der Waals surface area contributed by atoms with Crippen molar-refractivity contribution in [1.82, 2.24) is 15.2 Å². The quantitative estimate of drug-likeness (QED) is 0.289. The second kappa shape index (κ2) is 2.12. The van der Waals surface area contributed by atoms with Crippen molar-refractivity contribution in [3.8, 4) is 0 Å². The molecule has 0 aliphatic rings. The van der Waals surface area contributed by atoms with Gasteiger partial charge in [-0.25, -0.2) is 4.98 Å². The predicted octanol–water partition coefficient (Wildman–Crippen LogP) is -0.890. The summed E-state index contributed by atoms with van der Waals surface area (Å²) in [6.45, 7) is 0. The van der Waals surface area contributed by atoms with Gasteiger partial charge in [0.25, 0.3) is 0 Å². The van der Waals surface area contributed by atoms with E-state index < -0.39 is 0 Å². The van der Waals surface area contributed by atoms with Crippen LogP contribution in [0.4, 0.5) is 5.95 Å². The lowest BCUT2D eigenvalue weighted by Gasteiger charge is -1.92. The van der Waals surface area contributed by atoms with Crippen molar-refractivity contribution in [2.45, 2.75) is 0 Å². The second-order valence-corrected chi connectivity index (χ2v) is 1.36. The highest BCUT2D eigenvalue weighted by Gasteiger charge is 1.92. The van der Waals surface area contributed by atoms with Crippen LogP contribution in [0.3, 0.4) is 0 Å². The number of rotatable bonds is 1. The molecule has 0 spiro atoms. The summed E-state index contributed by atoms with van der Waals surface area (Å²) in [5, 5.41) is 15.2. The third kappa shape index (κ3) is 1.41. The fourth-order valence-electron chi connectivity index (χ4n) is 0.390. The molecular formula is C3H6N6. The minimum atomic E-state index is -0.172. The molecule has 48 valence electrons. The molecule has 0 aliphatic heterocycles. The Bertz CT molecular complexity index is 188. The summed E-state index contributed by atoms with van der Waals surface area (Å²) >= 11 is 0. The van der Waals surface area contributed by atoms with Crippen molar-refractivity contribution >= 4 is 11.9 Å². The fourth-order valence-corrected chi connectivity index (χ4v) is 0.390. The van der Waals surface area contributed by atoms with Gasteiger partial charge in [-0.3, -0.25) is 15.8 Å². The first kappa shape index (κ1) is 5.54. The maximum Gasteiger partial charge on any atom is 0.248 e. The number of guanidine groups is 1. The van der Waals surface area contributed by atoms with Crippen LogP contribution < -0.4 is 11.1 Å². The molecule has 0 fully saturated rings. The molecule has 1 aromatic rings. The zero-order valence-electron chi connectivity index (χ0n) is 4.55. The molecule has 5 N–H and O–H groups in total. The van der Waals surface area contributed by atoms with E-state index in [9.17, 15) is 0 Å². The molecule has 0 saturated heterocycles. The summed E-state index contributed by atoms with van der Waals surface area (Å²) in [4.78, 5) is 3.66. The zero-order chi connectivity index (χ0) is 6.69. The van der Waals surface area contributed by atoms with Crippen LogP contribution in [0.5, 0.6) is 0 Å². The highest BCUT2D eigenvalue weighted by molar-refractivity contribution is 5.87. The van der Waals surface area contributed by atoms with Gasteiger partial charge in [-0.05, 0) is 0 Å². The van der Waals surface area contributed by atoms with Gasteiger partial charge in [-0.1, -0.05) is 0 Å². The largest absolute Gasteiger partial charge is 0.370 e. The molecule has 1 heterocycles. The normalized spacial score (nSPS) is 8.89. The van der Waals surface area contributed by atoms with E-state index in [2.05, 4.69) is 20.5 Å². The van der Waals surface area contributed by atoms with E-state index in [1.54, 1.807) is 0 Å². The Morgan fingerprint density at radius 3 is 3.11 bits per heavy atom. The van der Waals surface area contributed by atoms with Crippen LogP contribution in [0, 0.1) is 5.41 Å². The average molecular weight is 126 g/mol. The zero-order valence-corrected chi connectivity index (χ0v) is 4.55. The van der Waals surface area contributed by atoms with Crippen molar-refractivity contribution in [2.75, 3.05) is 5.32 Å². The minimum Gasteiger partial charge on any atom is -0.370 e. The van der Waals surface area contributed by atoms with Gasteiger partial charge in [0.2, 0.25) is 5.95 Å². The molecule has 0 bridgehead atoms. The Labute approximate surface area is 51.0 Å². The monoisotopic (exact) mass is 126 g/mol. The SMILES string of the molecule is N=C(N)Nc1nc[nH]n1. The first-order chi connectivity index (χ1) is 4.29. The molecule has 6 heteroatoms. The summed E-state index contributed by atoms with van der Waals surface area (Å²) in [5.41, 5.74) is 4.96. The van der Waals surface area contributed by atoms with E-state index in [0.29, 0.717) is 5.95 Å². The topological polar surface area (TPSA) is 103 Å². The number of hydrogen-bond acceptors (Lipinski definition) is 3. The first-order valence-electron chi connectivity index (χ1n) is 2.26. The van der Waals surface area contributed by atoms with Gasteiger partial charge in [-0.15, -0.1) is 5.10 Å². The van der Waals surface area contributed by atoms with Crippen LogP contribution in [-0.2, 0) is 0 Å². The molecule has 9 heavy (non-hydrogen) atoms. The van der Waals surface area contributed by atoms with Crippen molar-refractivity contribution in [2.24, 2.45) is 5.73 Å². The highest BCUT2D eigenvalue weighted by atomic mass is 15.3. The van der Waals surface area contributed by atoms with E-state index in [0.717, 1.165) is 0 Å². The van der Waals surface area contributed by atoms with Gasteiger partial charge in [0.15, 0.2) is 5.96 Å². The Kier molecular flexibility index (Phi) is 1.31. The van der Waals surface area contributed by atoms with E-state index >= 15 is 0 Å². The Hall–Kier alpha value is -1.59. The number of nitrogens with one attached hydrogen (secondary N) is 3. The number of anilines is 1. The van der Waals surface area contributed by atoms with E-state index in [-0.39, 0.29) is 5.96 Å². The second-order valence-electron chi connectivity index (χ2n) is 1.36. The number of nitrogens with zero attached hydrogens (tertiary/aromatic N) is 2. The summed E-state index contributed by atoms with van der Waals surface area (Å²) in [6, 6.07) is 0. The summed E-state index contributed by atoms with van der Waals surface area (Å²) in [5.74, 6) is 0.136. The average Bonchev–Trinajstić information content (AvgIpc) is 2.15. The van der Waals surface area contributed by atoms with Crippen LogP contribution in [0.15, 0.2) is 6.33 Å². The molecule has 6 nitrogen and oxygen atoms in total. The molecule has 0 aliphatic carbocycles. The molecule has 1 aromatic heterocycles. The maximum atomic E-state index is 6.74. The van der Waals surface area contributed by atoms with Gasteiger partial charge in [0.05, 0.1) is 0 Å². The standard InChI is InChI=1S/C3H6N6/c4-2(5)8-3-6-1-7-9-3/h1H,(H5,4,5,6,7,8,9).